The number of hydrogen-bond donors (Lipinski definition) is 1. The molecule has 176 valence electrons. The molecule has 0 bridgehead atoms. The number of nitriles is 2. The van der Waals surface area contributed by atoms with Gasteiger partial charge in [-0.05, 0) is 50.2 Å². The van der Waals surface area contributed by atoms with E-state index < -0.39 is 46.5 Å². The van der Waals surface area contributed by atoms with Gasteiger partial charge in [-0.3, -0.25) is 4.79 Å². The van der Waals surface area contributed by atoms with Gasteiger partial charge in [0.25, 0.3) is 0 Å². The SMILES string of the molecule is CC(C#N)(COc1cc(C#N)ccc1C(F)(F)F)NC(=O)C1(C)C=CC(SC(F)(F)F)=CC1. The lowest BCUT2D eigenvalue weighted by atomic mass is 9.82. The molecule has 0 saturated heterocycles. The number of alkyl halides is 6. The number of carbonyl (C=O) groups is 1. The van der Waals surface area contributed by atoms with Crippen molar-refractivity contribution < 1.29 is 35.9 Å². The Labute approximate surface area is 189 Å². The number of carbonyl (C=O) groups excluding carboxylic acids is 1. The van der Waals surface area contributed by atoms with E-state index in [1.54, 1.807) is 12.1 Å². The maximum atomic E-state index is 13.2. The minimum absolute atomic E-state index is 0.0848. The molecule has 1 aromatic carbocycles. The molecule has 0 aliphatic heterocycles. The van der Waals surface area contributed by atoms with E-state index >= 15 is 0 Å². The summed E-state index contributed by atoms with van der Waals surface area (Å²) < 4.78 is 82.4. The molecule has 2 rings (SSSR count). The van der Waals surface area contributed by atoms with Crippen LogP contribution in [0.15, 0.2) is 41.3 Å². The maximum Gasteiger partial charge on any atom is 0.446 e. The number of nitrogens with zero attached hydrogens (tertiary/aromatic N) is 2. The minimum Gasteiger partial charge on any atom is -0.489 e. The van der Waals surface area contributed by atoms with Crippen molar-refractivity contribution in [2.75, 3.05) is 6.61 Å². The van der Waals surface area contributed by atoms with Gasteiger partial charge < -0.3 is 10.1 Å². The van der Waals surface area contributed by atoms with Gasteiger partial charge in [0.15, 0.2) is 5.54 Å². The van der Waals surface area contributed by atoms with Gasteiger partial charge in [-0.1, -0.05) is 18.2 Å². The van der Waals surface area contributed by atoms with Crippen LogP contribution in [0, 0.1) is 28.1 Å². The smallest absolute Gasteiger partial charge is 0.446 e. The first-order valence-electron chi connectivity index (χ1n) is 9.24. The van der Waals surface area contributed by atoms with Crippen molar-refractivity contribution in [3.8, 4) is 17.9 Å². The van der Waals surface area contributed by atoms with Crippen LogP contribution in [0.5, 0.6) is 5.75 Å². The van der Waals surface area contributed by atoms with Crippen LogP contribution in [-0.4, -0.2) is 23.6 Å². The van der Waals surface area contributed by atoms with Gasteiger partial charge in [0.1, 0.15) is 12.4 Å². The third kappa shape index (κ3) is 6.93. The van der Waals surface area contributed by atoms with E-state index in [1.807, 2.05) is 0 Å². The first-order valence-corrected chi connectivity index (χ1v) is 10.1. The molecule has 2 atom stereocenters. The fraction of sp³-hybridized carbons (Fsp3) is 0.381. The number of benzene rings is 1. The number of halogens is 6. The Hall–Kier alpha value is -3.12. The predicted molar refractivity (Wildman–Crippen MR) is 107 cm³/mol. The Morgan fingerprint density at radius 3 is 2.39 bits per heavy atom. The first kappa shape index (κ1) is 26.1. The highest BCUT2D eigenvalue weighted by Crippen LogP contribution is 2.41. The molecular weight excluding hydrogens is 472 g/mol. The van der Waals surface area contributed by atoms with E-state index in [0.717, 1.165) is 18.2 Å². The van der Waals surface area contributed by atoms with E-state index in [0.29, 0.717) is 6.07 Å². The summed E-state index contributed by atoms with van der Waals surface area (Å²) in [7, 11) is 0. The Morgan fingerprint density at radius 1 is 1.24 bits per heavy atom. The van der Waals surface area contributed by atoms with Crippen LogP contribution < -0.4 is 10.1 Å². The number of hydrogen-bond acceptors (Lipinski definition) is 5. The van der Waals surface area contributed by atoms with E-state index in [2.05, 4.69) is 5.32 Å². The molecule has 1 aliphatic carbocycles. The molecule has 0 radical (unpaired) electrons. The van der Waals surface area contributed by atoms with E-state index in [-0.39, 0.29) is 28.7 Å². The standard InChI is InChI=1S/C21H17F6N3O2S/c1-18(7-5-14(6-8-18)33-21(25,26)27)17(31)30-19(2,11-29)12-32-16-9-13(10-28)3-4-15(16)20(22,23)24/h3-7,9H,8,12H2,1-2H3,(H,30,31). The van der Waals surface area contributed by atoms with Crippen LogP contribution in [0.4, 0.5) is 26.3 Å². The molecule has 33 heavy (non-hydrogen) atoms. The van der Waals surface area contributed by atoms with E-state index in [4.69, 9.17) is 10.00 Å². The van der Waals surface area contributed by atoms with Crippen LogP contribution in [0.25, 0.3) is 0 Å². The van der Waals surface area contributed by atoms with Crippen molar-refractivity contribution in [2.24, 2.45) is 5.41 Å². The van der Waals surface area contributed by atoms with Gasteiger partial charge in [0.2, 0.25) is 5.91 Å². The van der Waals surface area contributed by atoms with Crippen LogP contribution in [0.2, 0.25) is 0 Å². The van der Waals surface area contributed by atoms with Crippen molar-refractivity contribution >= 4 is 17.7 Å². The van der Waals surface area contributed by atoms with E-state index in [1.165, 1.54) is 26.0 Å². The number of nitrogens with one attached hydrogen (secondary N) is 1. The largest absolute Gasteiger partial charge is 0.489 e. The summed E-state index contributed by atoms with van der Waals surface area (Å²) in [6.07, 6.45) is -1.22. The highest BCUT2D eigenvalue weighted by molar-refractivity contribution is 8.04. The summed E-state index contributed by atoms with van der Waals surface area (Å²) in [5, 5.41) is 20.8. The van der Waals surface area contributed by atoms with Crippen LogP contribution in [0.1, 0.15) is 31.4 Å². The molecule has 12 heteroatoms. The third-order valence-electron chi connectivity index (χ3n) is 4.66. The lowest BCUT2D eigenvalue weighted by Gasteiger charge is -2.32. The maximum absolute atomic E-state index is 13.2. The van der Waals surface area contributed by atoms with Gasteiger partial charge >= 0.3 is 11.7 Å². The zero-order valence-electron chi connectivity index (χ0n) is 17.3. The molecular formula is C21H17F6N3O2S. The number of thioether (sulfide) groups is 1. The average Bonchev–Trinajstić information content (AvgIpc) is 2.72. The highest BCUT2D eigenvalue weighted by Gasteiger charge is 2.39. The second-order valence-electron chi connectivity index (χ2n) is 7.62. The van der Waals surface area contributed by atoms with Crippen molar-refractivity contribution in [3.05, 3.63) is 52.5 Å². The lowest BCUT2D eigenvalue weighted by molar-refractivity contribution is -0.139. The Balaban J connectivity index is 2.15. The van der Waals surface area contributed by atoms with Crippen LogP contribution in [-0.2, 0) is 11.0 Å². The lowest BCUT2D eigenvalue weighted by Crippen LogP contribution is -2.53. The fourth-order valence-electron chi connectivity index (χ4n) is 2.75. The van der Waals surface area contributed by atoms with Gasteiger partial charge in [0, 0.05) is 4.91 Å². The second kappa shape index (κ2) is 9.40. The molecule has 1 aliphatic rings. The van der Waals surface area contributed by atoms with Gasteiger partial charge in [-0.25, -0.2) is 0 Å². The van der Waals surface area contributed by atoms with Crippen LogP contribution >= 0.6 is 11.8 Å². The zero-order chi connectivity index (χ0) is 25.1. The number of allylic oxidation sites excluding steroid dienone is 2. The summed E-state index contributed by atoms with van der Waals surface area (Å²) in [6.45, 7) is 1.99. The molecule has 2 unspecified atom stereocenters. The molecule has 0 saturated carbocycles. The number of amides is 1. The van der Waals surface area contributed by atoms with Crippen molar-refractivity contribution in [2.45, 2.75) is 37.5 Å². The predicted octanol–water partition coefficient (Wildman–Crippen LogP) is 5.46. The molecule has 0 heterocycles. The normalized spacial score (nSPS) is 20.1. The molecule has 0 fully saturated rings. The first-order chi connectivity index (χ1) is 15.1. The molecule has 1 N–H and O–H groups in total. The Bertz CT molecular complexity index is 1070. The summed E-state index contributed by atoms with van der Waals surface area (Å²) in [6, 6.07) is 5.97. The van der Waals surface area contributed by atoms with Crippen molar-refractivity contribution in [1.82, 2.24) is 5.32 Å². The summed E-state index contributed by atoms with van der Waals surface area (Å²) in [4.78, 5) is 12.7. The minimum atomic E-state index is -4.78. The second-order valence-corrected chi connectivity index (χ2v) is 8.75. The van der Waals surface area contributed by atoms with Gasteiger partial charge in [0.05, 0.1) is 28.7 Å². The van der Waals surface area contributed by atoms with Crippen molar-refractivity contribution in [1.29, 1.82) is 10.5 Å². The zero-order valence-corrected chi connectivity index (χ0v) is 18.1. The van der Waals surface area contributed by atoms with Crippen molar-refractivity contribution in [3.63, 3.8) is 0 Å². The van der Waals surface area contributed by atoms with Gasteiger partial charge in [-0.15, -0.1) is 0 Å². The molecule has 0 spiro atoms. The number of rotatable bonds is 6. The molecule has 5 nitrogen and oxygen atoms in total. The Kier molecular flexibility index (Phi) is 7.44. The average molecular weight is 489 g/mol. The fourth-order valence-corrected chi connectivity index (χ4v) is 3.32. The number of ether oxygens (including phenoxy) is 1. The monoisotopic (exact) mass is 489 g/mol. The molecule has 0 aromatic heterocycles. The van der Waals surface area contributed by atoms with Gasteiger partial charge in [-0.2, -0.15) is 36.9 Å². The van der Waals surface area contributed by atoms with Crippen LogP contribution in [0.3, 0.4) is 0 Å². The summed E-state index contributed by atoms with van der Waals surface area (Å²) in [5.74, 6) is -1.40. The third-order valence-corrected chi connectivity index (χ3v) is 5.43. The molecule has 1 aromatic rings. The topological polar surface area (TPSA) is 85.9 Å². The summed E-state index contributed by atoms with van der Waals surface area (Å²) >= 11 is -0.325. The summed E-state index contributed by atoms with van der Waals surface area (Å²) in [5.41, 5.74) is -8.80. The van der Waals surface area contributed by atoms with E-state index in [9.17, 15) is 36.4 Å². The molecule has 1 amide bonds. The quantitative estimate of drug-likeness (QED) is 0.537. The highest BCUT2D eigenvalue weighted by atomic mass is 32.2. The Morgan fingerprint density at radius 2 is 1.91 bits per heavy atom.